The second kappa shape index (κ2) is 6.61. The van der Waals surface area contributed by atoms with Gasteiger partial charge in [0.2, 0.25) is 0 Å². The normalized spacial score (nSPS) is 10.5. The first kappa shape index (κ1) is 12.2. The van der Waals surface area contributed by atoms with Crippen LogP contribution in [0.5, 0.6) is 0 Å². The maximum absolute atomic E-state index is 8.55. The quantitative estimate of drug-likeness (QED) is 0.666. The molecule has 0 aliphatic heterocycles. The van der Waals surface area contributed by atoms with Gasteiger partial charge in [0.15, 0.2) is 0 Å². The lowest BCUT2D eigenvalue weighted by Crippen LogP contribution is -1.98. The van der Waals surface area contributed by atoms with Crippen molar-refractivity contribution in [2.75, 3.05) is 13.2 Å². The predicted molar refractivity (Wildman–Crippen MR) is 65.5 cm³/mol. The van der Waals surface area contributed by atoms with E-state index >= 15 is 0 Å². The molecule has 0 radical (unpaired) electrons. The molecule has 0 bridgehead atoms. The van der Waals surface area contributed by atoms with Crippen LogP contribution in [0.15, 0.2) is 18.2 Å². The van der Waals surface area contributed by atoms with Crippen LogP contribution in [0.4, 0.5) is 0 Å². The van der Waals surface area contributed by atoms with Crippen molar-refractivity contribution in [3.05, 3.63) is 32.4 Å². The Morgan fingerprint density at radius 3 is 2.93 bits per heavy atom. The van der Waals surface area contributed by atoms with Crippen LogP contribution in [-0.4, -0.2) is 18.3 Å². The third-order valence-electron chi connectivity index (χ3n) is 1.71. The highest BCUT2D eigenvalue weighted by molar-refractivity contribution is 14.1. The van der Waals surface area contributed by atoms with Crippen molar-refractivity contribution in [2.24, 2.45) is 0 Å². The Bertz CT molecular complexity index is 291. The minimum atomic E-state index is 0.167. The molecule has 0 aromatic heterocycles. The second-order valence-corrected chi connectivity index (χ2v) is 4.52. The molecular weight excluding hydrogens is 314 g/mol. The monoisotopic (exact) mass is 326 g/mol. The van der Waals surface area contributed by atoms with E-state index in [9.17, 15) is 0 Å². The van der Waals surface area contributed by atoms with Crippen LogP contribution >= 0.6 is 34.2 Å². The lowest BCUT2D eigenvalue weighted by atomic mass is 10.2. The lowest BCUT2D eigenvalue weighted by Gasteiger charge is -2.05. The van der Waals surface area contributed by atoms with Gasteiger partial charge in [0.05, 0.1) is 6.61 Å². The van der Waals surface area contributed by atoms with Crippen LogP contribution in [0.1, 0.15) is 12.0 Å². The summed E-state index contributed by atoms with van der Waals surface area (Å²) in [5.41, 5.74) is 0.997. The Kier molecular flexibility index (Phi) is 5.77. The van der Waals surface area contributed by atoms with Gasteiger partial charge in [-0.15, -0.1) is 0 Å². The highest BCUT2D eigenvalue weighted by Crippen LogP contribution is 2.19. The van der Waals surface area contributed by atoms with Crippen LogP contribution in [0.25, 0.3) is 0 Å². The summed E-state index contributed by atoms with van der Waals surface area (Å²) >= 11 is 8.21. The predicted octanol–water partition coefficient (Wildman–Crippen LogP) is 2.84. The average Bonchev–Trinajstić information content (AvgIpc) is 2.18. The van der Waals surface area contributed by atoms with Crippen LogP contribution in [0.2, 0.25) is 5.02 Å². The first-order valence-corrected chi connectivity index (χ1v) is 5.82. The van der Waals surface area contributed by atoms with Gasteiger partial charge in [-0.1, -0.05) is 11.6 Å². The van der Waals surface area contributed by atoms with E-state index in [0.717, 1.165) is 14.2 Å². The van der Waals surface area contributed by atoms with Crippen LogP contribution < -0.4 is 0 Å². The van der Waals surface area contributed by atoms with E-state index in [1.165, 1.54) is 0 Å². The molecule has 0 aliphatic carbocycles. The van der Waals surface area contributed by atoms with Gasteiger partial charge in [-0.25, -0.2) is 0 Å². The molecule has 1 aromatic rings. The van der Waals surface area contributed by atoms with Gasteiger partial charge in [0.1, 0.15) is 0 Å². The molecule has 0 unspecified atom stereocenters. The number of halogens is 2. The summed E-state index contributed by atoms with van der Waals surface area (Å²) < 4.78 is 6.49. The van der Waals surface area contributed by atoms with E-state index in [1.807, 2.05) is 18.2 Å². The van der Waals surface area contributed by atoms with Crippen molar-refractivity contribution in [1.82, 2.24) is 0 Å². The van der Waals surface area contributed by atoms with E-state index < -0.39 is 0 Å². The molecule has 78 valence electrons. The smallest absolute Gasteiger partial charge is 0.0731 e. The molecule has 0 heterocycles. The molecule has 0 saturated carbocycles. The van der Waals surface area contributed by atoms with Crippen molar-refractivity contribution < 1.29 is 9.84 Å². The summed E-state index contributed by atoms with van der Waals surface area (Å²) in [5, 5.41) is 9.29. The fourth-order valence-corrected chi connectivity index (χ4v) is 1.73. The Labute approximate surface area is 102 Å². The number of rotatable bonds is 5. The largest absolute Gasteiger partial charge is 0.396 e. The van der Waals surface area contributed by atoms with E-state index in [2.05, 4.69) is 22.6 Å². The molecule has 0 saturated heterocycles. The number of ether oxygens (including phenoxy) is 1. The van der Waals surface area contributed by atoms with Crippen molar-refractivity contribution in [3.8, 4) is 0 Å². The molecule has 0 aliphatic rings. The standard InChI is InChI=1S/C10H12ClIO2/c11-10-3-2-9(12)6-8(10)7-14-5-1-4-13/h2-3,6,13H,1,4-5,7H2. The van der Waals surface area contributed by atoms with E-state index in [4.69, 9.17) is 21.4 Å². The topological polar surface area (TPSA) is 29.5 Å². The maximum Gasteiger partial charge on any atom is 0.0731 e. The number of hydrogen-bond donors (Lipinski definition) is 1. The third kappa shape index (κ3) is 4.13. The average molecular weight is 327 g/mol. The summed E-state index contributed by atoms with van der Waals surface area (Å²) in [7, 11) is 0. The maximum atomic E-state index is 8.55. The Hall–Kier alpha value is 0.160. The van der Waals surface area contributed by atoms with E-state index in [1.54, 1.807) is 0 Å². The number of hydrogen-bond acceptors (Lipinski definition) is 2. The summed E-state index contributed by atoms with van der Waals surface area (Å²) in [6.45, 7) is 1.24. The van der Waals surface area contributed by atoms with Crippen molar-refractivity contribution in [2.45, 2.75) is 13.0 Å². The fourth-order valence-electron chi connectivity index (χ4n) is 1.00. The van der Waals surface area contributed by atoms with Crippen molar-refractivity contribution >= 4 is 34.2 Å². The molecular formula is C10H12ClIO2. The first-order chi connectivity index (χ1) is 6.74. The van der Waals surface area contributed by atoms with Gasteiger partial charge in [-0.3, -0.25) is 0 Å². The number of aliphatic hydroxyl groups excluding tert-OH is 1. The zero-order valence-corrected chi connectivity index (χ0v) is 10.6. The fraction of sp³-hybridized carbons (Fsp3) is 0.400. The number of benzene rings is 1. The van der Waals surface area contributed by atoms with Crippen molar-refractivity contribution in [1.29, 1.82) is 0 Å². The van der Waals surface area contributed by atoms with Crippen LogP contribution in [-0.2, 0) is 11.3 Å². The Morgan fingerprint density at radius 2 is 2.21 bits per heavy atom. The van der Waals surface area contributed by atoms with Crippen LogP contribution in [0, 0.1) is 3.57 Å². The minimum absolute atomic E-state index is 0.167. The molecule has 1 N–H and O–H groups in total. The van der Waals surface area contributed by atoms with Gasteiger partial charge in [-0.2, -0.15) is 0 Å². The second-order valence-electron chi connectivity index (χ2n) is 2.87. The molecule has 1 aromatic carbocycles. The summed E-state index contributed by atoms with van der Waals surface area (Å²) in [4.78, 5) is 0. The van der Waals surface area contributed by atoms with Gasteiger partial charge >= 0.3 is 0 Å². The summed E-state index contributed by atoms with van der Waals surface area (Å²) in [6, 6.07) is 5.83. The summed E-state index contributed by atoms with van der Waals surface area (Å²) in [5.74, 6) is 0. The van der Waals surface area contributed by atoms with Gasteiger partial charge in [-0.05, 0) is 52.8 Å². The van der Waals surface area contributed by atoms with E-state index in [0.29, 0.717) is 19.6 Å². The Morgan fingerprint density at radius 1 is 1.43 bits per heavy atom. The van der Waals surface area contributed by atoms with Gasteiger partial charge in [0.25, 0.3) is 0 Å². The number of aliphatic hydroxyl groups is 1. The lowest BCUT2D eigenvalue weighted by molar-refractivity contribution is 0.104. The SMILES string of the molecule is OCCCOCc1cc(I)ccc1Cl. The molecule has 1 rings (SSSR count). The molecule has 4 heteroatoms. The van der Waals surface area contributed by atoms with Crippen LogP contribution in [0.3, 0.4) is 0 Å². The molecule has 0 spiro atoms. The summed E-state index contributed by atoms with van der Waals surface area (Å²) in [6.07, 6.45) is 0.668. The van der Waals surface area contributed by atoms with Crippen molar-refractivity contribution in [3.63, 3.8) is 0 Å². The molecule has 0 atom stereocenters. The first-order valence-electron chi connectivity index (χ1n) is 4.36. The zero-order valence-electron chi connectivity index (χ0n) is 7.67. The van der Waals surface area contributed by atoms with Gasteiger partial charge < -0.3 is 9.84 Å². The minimum Gasteiger partial charge on any atom is -0.396 e. The highest BCUT2D eigenvalue weighted by Gasteiger charge is 2.00. The van der Waals surface area contributed by atoms with E-state index in [-0.39, 0.29) is 6.61 Å². The third-order valence-corrected chi connectivity index (χ3v) is 2.75. The van der Waals surface area contributed by atoms with Gasteiger partial charge in [0, 0.05) is 21.8 Å². The Balaban J connectivity index is 2.45. The molecule has 2 nitrogen and oxygen atoms in total. The highest BCUT2D eigenvalue weighted by atomic mass is 127. The molecule has 0 amide bonds. The molecule has 14 heavy (non-hydrogen) atoms. The molecule has 0 fully saturated rings. The zero-order chi connectivity index (χ0) is 10.4.